The second-order valence-corrected chi connectivity index (χ2v) is 3.57. The van der Waals surface area contributed by atoms with E-state index in [1.54, 1.807) is 0 Å². The molecule has 8 heteroatoms. The fourth-order valence-electron chi connectivity index (χ4n) is 1.15. The maximum absolute atomic E-state index is 11.7. The van der Waals surface area contributed by atoms with Gasteiger partial charge in [0.25, 0.3) is 11.6 Å². The van der Waals surface area contributed by atoms with Crippen LogP contribution in [0.3, 0.4) is 0 Å². The lowest BCUT2D eigenvalue weighted by Crippen LogP contribution is -2.26. The van der Waals surface area contributed by atoms with Crippen LogP contribution in [0.1, 0.15) is 16.8 Å². The van der Waals surface area contributed by atoms with Gasteiger partial charge >= 0.3 is 0 Å². The van der Waals surface area contributed by atoms with Gasteiger partial charge in [0.05, 0.1) is 4.92 Å². The molecule has 0 bridgehead atoms. The molecule has 0 saturated heterocycles. The molecule has 1 aromatic rings. The van der Waals surface area contributed by atoms with Crippen molar-refractivity contribution in [3.63, 3.8) is 0 Å². The van der Waals surface area contributed by atoms with Crippen molar-refractivity contribution in [1.29, 1.82) is 0 Å². The molecule has 3 N–H and O–H groups in total. The number of nitrogens with two attached hydrogens (primary N) is 1. The first-order chi connectivity index (χ1) is 8.06. The normalized spacial score (nSPS) is 10.0. The number of carbonyl (C=O) groups excluding carboxylic acids is 1. The molecule has 0 fully saturated rings. The minimum Gasteiger partial charge on any atom is -0.352 e. The fourth-order valence-corrected chi connectivity index (χ4v) is 1.31. The van der Waals surface area contributed by atoms with Crippen LogP contribution < -0.4 is 11.1 Å². The Labute approximate surface area is 102 Å². The van der Waals surface area contributed by atoms with Gasteiger partial charge in [0.1, 0.15) is 16.9 Å². The van der Waals surface area contributed by atoms with Crippen molar-refractivity contribution in [2.45, 2.75) is 6.42 Å². The van der Waals surface area contributed by atoms with E-state index in [0.29, 0.717) is 19.5 Å². The smallest absolute Gasteiger partial charge is 0.300 e. The molecule has 0 aromatic carbocycles. The zero-order chi connectivity index (χ0) is 12.8. The monoisotopic (exact) mass is 258 g/mol. The Bertz CT molecular complexity index is 438. The number of nitro groups is 1. The summed E-state index contributed by atoms with van der Waals surface area (Å²) in [5, 5.41) is 13.2. The molecule has 1 heterocycles. The highest BCUT2D eigenvalue weighted by molar-refractivity contribution is 6.29. The van der Waals surface area contributed by atoms with Gasteiger partial charge in [-0.05, 0) is 19.0 Å². The number of carbonyl (C=O) groups is 1. The van der Waals surface area contributed by atoms with E-state index in [9.17, 15) is 14.9 Å². The Morgan fingerprint density at radius 2 is 2.35 bits per heavy atom. The molecule has 1 rings (SSSR count). The number of aromatic nitrogens is 1. The number of rotatable bonds is 5. The van der Waals surface area contributed by atoms with Crippen LogP contribution >= 0.6 is 11.6 Å². The van der Waals surface area contributed by atoms with Crippen LogP contribution in [0.15, 0.2) is 12.3 Å². The van der Waals surface area contributed by atoms with Gasteiger partial charge < -0.3 is 11.1 Å². The highest BCUT2D eigenvalue weighted by atomic mass is 35.5. The lowest BCUT2D eigenvalue weighted by Gasteiger charge is -2.04. The molecule has 0 aliphatic carbocycles. The number of hydrogen-bond acceptors (Lipinski definition) is 5. The third-order valence-corrected chi connectivity index (χ3v) is 2.16. The van der Waals surface area contributed by atoms with Crippen molar-refractivity contribution in [1.82, 2.24) is 10.3 Å². The first-order valence-corrected chi connectivity index (χ1v) is 5.22. The quantitative estimate of drug-likeness (QED) is 0.350. The molecule has 1 aromatic heterocycles. The minimum atomic E-state index is -0.679. The third-order valence-electron chi connectivity index (χ3n) is 1.96. The molecule has 0 radical (unpaired) electrons. The predicted octanol–water partition coefficient (Wildman–Crippen LogP) is 0.722. The average molecular weight is 259 g/mol. The van der Waals surface area contributed by atoms with Crippen LogP contribution in [-0.4, -0.2) is 28.9 Å². The first-order valence-electron chi connectivity index (χ1n) is 4.84. The summed E-state index contributed by atoms with van der Waals surface area (Å²) in [4.78, 5) is 25.2. The number of amides is 1. The van der Waals surface area contributed by atoms with Crippen LogP contribution in [-0.2, 0) is 0 Å². The van der Waals surface area contributed by atoms with E-state index in [-0.39, 0.29) is 16.4 Å². The zero-order valence-electron chi connectivity index (χ0n) is 8.85. The summed E-state index contributed by atoms with van der Waals surface area (Å²) in [7, 11) is 0. The van der Waals surface area contributed by atoms with E-state index in [4.69, 9.17) is 17.3 Å². The summed E-state index contributed by atoms with van der Waals surface area (Å²) in [6.45, 7) is 0.784. The van der Waals surface area contributed by atoms with Crippen molar-refractivity contribution in [2.24, 2.45) is 5.73 Å². The number of nitrogens with zero attached hydrogens (tertiary/aromatic N) is 2. The molecule has 0 aliphatic rings. The van der Waals surface area contributed by atoms with Crippen molar-refractivity contribution < 1.29 is 9.72 Å². The van der Waals surface area contributed by atoms with Crippen molar-refractivity contribution in [2.75, 3.05) is 13.1 Å². The maximum atomic E-state index is 11.7. The molecule has 0 atom stereocenters. The first kappa shape index (κ1) is 13.3. The third kappa shape index (κ3) is 3.65. The van der Waals surface area contributed by atoms with E-state index in [1.165, 1.54) is 0 Å². The summed E-state index contributed by atoms with van der Waals surface area (Å²) in [5.41, 5.74) is 4.79. The molecule has 0 unspecified atom stereocenters. The predicted molar refractivity (Wildman–Crippen MR) is 61.9 cm³/mol. The molecule has 0 saturated carbocycles. The van der Waals surface area contributed by atoms with Crippen LogP contribution in [0.25, 0.3) is 0 Å². The summed E-state index contributed by atoms with van der Waals surface area (Å²) in [5.74, 6) is -0.561. The SMILES string of the molecule is NCCCNC(=O)c1cc(Cl)ncc1[N+](=O)[O-]. The summed E-state index contributed by atoms with van der Waals surface area (Å²) < 4.78 is 0. The zero-order valence-corrected chi connectivity index (χ0v) is 9.61. The summed E-state index contributed by atoms with van der Waals surface area (Å²) >= 11 is 5.59. The van der Waals surface area contributed by atoms with E-state index < -0.39 is 10.8 Å². The molecular weight excluding hydrogens is 248 g/mol. The van der Waals surface area contributed by atoms with Gasteiger partial charge in [0.2, 0.25) is 0 Å². The summed E-state index contributed by atoms with van der Waals surface area (Å²) in [6.07, 6.45) is 1.55. The van der Waals surface area contributed by atoms with Gasteiger partial charge in [-0.25, -0.2) is 4.98 Å². The van der Waals surface area contributed by atoms with Gasteiger partial charge in [-0.1, -0.05) is 11.6 Å². The van der Waals surface area contributed by atoms with Crippen LogP contribution in [0, 0.1) is 10.1 Å². The molecule has 1 amide bonds. The minimum absolute atomic E-state index is 0.0274. The Morgan fingerprint density at radius 1 is 1.65 bits per heavy atom. The Morgan fingerprint density at radius 3 is 2.94 bits per heavy atom. The van der Waals surface area contributed by atoms with Gasteiger partial charge in [0.15, 0.2) is 0 Å². The maximum Gasteiger partial charge on any atom is 0.300 e. The van der Waals surface area contributed by atoms with E-state index in [1.807, 2.05) is 0 Å². The second-order valence-electron chi connectivity index (χ2n) is 3.18. The number of hydrogen-bond donors (Lipinski definition) is 2. The van der Waals surface area contributed by atoms with E-state index in [0.717, 1.165) is 12.3 Å². The standard InChI is InChI=1S/C9H11ClN4O3/c10-8-4-6(7(5-13-8)14(16)17)9(15)12-3-1-2-11/h4-5H,1-3,11H2,(H,12,15). The van der Waals surface area contributed by atoms with Crippen LogP contribution in [0.2, 0.25) is 5.15 Å². The second kappa shape index (κ2) is 6.12. The molecule has 0 spiro atoms. The van der Waals surface area contributed by atoms with Crippen molar-refractivity contribution in [3.8, 4) is 0 Å². The fraction of sp³-hybridized carbons (Fsp3) is 0.333. The molecule has 92 valence electrons. The molecule has 7 nitrogen and oxygen atoms in total. The number of halogens is 1. The largest absolute Gasteiger partial charge is 0.352 e. The Kier molecular flexibility index (Phi) is 4.80. The lowest BCUT2D eigenvalue weighted by molar-refractivity contribution is -0.385. The summed E-state index contributed by atoms with van der Waals surface area (Å²) in [6, 6.07) is 1.16. The van der Waals surface area contributed by atoms with Crippen molar-refractivity contribution in [3.05, 3.63) is 33.1 Å². The topological polar surface area (TPSA) is 111 Å². The van der Waals surface area contributed by atoms with Gasteiger partial charge in [-0.15, -0.1) is 0 Å². The van der Waals surface area contributed by atoms with Crippen LogP contribution in [0.5, 0.6) is 0 Å². The van der Waals surface area contributed by atoms with Gasteiger partial charge in [-0.3, -0.25) is 14.9 Å². The highest BCUT2D eigenvalue weighted by Crippen LogP contribution is 2.19. The van der Waals surface area contributed by atoms with E-state index in [2.05, 4.69) is 10.3 Å². The number of pyridine rings is 1. The van der Waals surface area contributed by atoms with Gasteiger partial charge in [-0.2, -0.15) is 0 Å². The van der Waals surface area contributed by atoms with Crippen molar-refractivity contribution >= 4 is 23.2 Å². The molecular formula is C9H11ClN4O3. The number of nitrogens with one attached hydrogen (secondary N) is 1. The Hall–Kier alpha value is -1.73. The van der Waals surface area contributed by atoms with Crippen LogP contribution in [0.4, 0.5) is 5.69 Å². The van der Waals surface area contributed by atoms with E-state index >= 15 is 0 Å². The Balaban J connectivity index is 2.90. The molecule has 17 heavy (non-hydrogen) atoms. The molecule has 0 aliphatic heterocycles. The van der Waals surface area contributed by atoms with Gasteiger partial charge in [0, 0.05) is 6.54 Å². The lowest BCUT2D eigenvalue weighted by atomic mass is 10.2. The average Bonchev–Trinajstić information content (AvgIpc) is 2.28. The highest BCUT2D eigenvalue weighted by Gasteiger charge is 2.20.